The zero-order valence-electron chi connectivity index (χ0n) is 21.4. The third-order valence-electron chi connectivity index (χ3n) is 5.82. The number of fused-ring (bicyclic) bond motifs is 3. The summed E-state index contributed by atoms with van der Waals surface area (Å²) in [6, 6.07) is 12.9. The van der Waals surface area contributed by atoms with Gasteiger partial charge in [-0.3, -0.25) is 4.79 Å². The minimum absolute atomic E-state index is 0.274. The highest BCUT2D eigenvalue weighted by Crippen LogP contribution is 2.28. The highest BCUT2D eigenvalue weighted by Gasteiger charge is 2.24. The fourth-order valence-corrected chi connectivity index (χ4v) is 3.71. The van der Waals surface area contributed by atoms with E-state index in [9.17, 15) is 9.90 Å². The third kappa shape index (κ3) is 7.25. The van der Waals surface area contributed by atoms with Crippen molar-refractivity contribution in [2.75, 3.05) is 44.4 Å². The van der Waals surface area contributed by atoms with Crippen LogP contribution in [-0.2, 0) is 5.60 Å². The van der Waals surface area contributed by atoms with Crippen molar-refractivity contribution in [2.24, 2.45) is 0 Å². The number of pyridine rings is 1. The lowest BCUT2D eigenvalue weighted by Gasteiger charge is -2.23. The summed E-state index contributed by atoms with van der Waals surface area (Å²) in [5, 5.41) is 20.1. The molecule has 0 spiro atoms. The van der Waals surface area contributed by atoms with E-state index in [1.165, 1.54) is 6.20 Å². The Morgan fingerprint density at radius 1 is 1.16 bits per heavy atom. The molecule has 0 saturated heterocycles. The number of likely N-dealkylation sites (N-methyl/N-ethyl adjacent to an activating group) is 1. The molecule has 3 aromatic rings. The lowest BCUT2D eigenvalue weighted by Crippen LogP contribution is -2.26. The van der Waals surface area contributed by atoms with Gasteiger partial charge in [-0.1, -0.05) is 24.3 Å². The number of aliphatic hydroxyl groups is 1. The molecule has 0 fully saturated rings. The highest BCUT2D eigenvalue weighted by atomic mass is 16.5. The van der Waals surface area contributed by atoms with Gasteiger partial charge in [-0.05, 0) is 58.1 Å². The van der Waals surface area contributed by atoms with Gasteiger partial charge >= 0.3 is 0 Å². The molecule has 4 N–H and O–H groups in total. The molecule has 1 aliphatic heterocycles. The van der Waals surface area contributed by atoms with Gasteiger partial charge in [-0.25, -0.2) is 9.97 Å². The first kappa shape index (κ1) is 26.1. The number of carbonyl (C=O) groups excluding carboxylic acids is 1. The van der Waals surface area contributed by atoms with Crippen molar-refractivity contribution in [1.82, 2.24) is 25.2 Å². The first-order chi connectivity index (χ1) is 17.8. The van der Waals surface area contributed by atoms with E-state index in [2.05, 4.69) is 35.8 Å². The summed E-state index contributed by atoms with van der Waals surface area (Å²) in [6.07, 6.45) is 6.42. The van der Waals surface area contributed by atoms with E-state index in [1.807, 2.05) is 56.6 Å². The molecule has 1 aliphatic rings. The van der Waals surface area contributed by atoms with E-state index < -0.39 is 5.60 Å². The van der Waals surface area contributed by atoms with Crippen LogP contribution in [0.5, 0.6) is 5.75 Å². The van der Waals surface area contributed by atoms with Gasteiger partial charge in [0.1, 0.15) is 35.2 Å². The number of ether oxygens (including phenoxy) is 1. The standard InChI is InChI=1S/C27H33N7O3/c1-27(36)13-5-4-6-14-28-25(35)21-18-29-26(33-24(21)32-23-12-8-11-22(27)31-23)30-19-9-7-10-20(17-19)37-16-15-34(2)3/h4,6-12,17-18,36H,5,13-16H2,1-3H3,(H,28,35)(H2,29,30,31,32,33)/b6-4-. The summed E-state index contributed by atoms with van der Waals surface area (Å²) in [7, 11) is 3.99. The molecule has 194 valence electrons. The first-order valence-corrected chi connectivity index (χ1v) is 12.2. The Morgan fingerprint density at radius 3 is 2.84 bits per heavy atom. The lowest BCUT2D eigenvalue weighted by molar-refractivity contribution is 0.0444. The number of allylic oxidation sites excluding steroid dienone is 1. The molecule has 2 bridgehead atoms. The average Bonchev–Trinajstić information content (AvgIpc) is 2.86. The second kappa shape index (κ2) is 11.8. The van der Waals surface area contributed by atoms with E-state index in [0.717, 1.165) is 18.0 Å². The van der Waals surface area contributed by atoms with Gasteiger partial charge in [-0.2, -0.15) is 4.98 Å². The maximum atomic E-state index is 12.9. The molecule has 2 aromatic heterocycles. The van der Waals surface area contributed by atoms with E-state index in [4.69, 9.17) is 4.74 Å². The predicted molar refractivity (Wildman–Crippen MR) is 144 cm³/mol. The SMILES string of the molecule is CN(C)CCOc1cccc(Nc2ncc3c(n2)Nc2cccc(n2)C(C)(O)CC/C=C\CNC3=O)c1. The molecule has 3 heterocycles. The van der Waals surface area contributed by atoms with Crippen LogP contribution in [0.2, 0.25) is 0 Å². The Labute approximate surface area is 216 Å². The quantitative estimate of drug-likeness (QED) is 0.374. The van der Waals surface area contributed by atoms with Crippen molar-refractivity contribution in [1.29, 1.82) is 0 Å². The van der Waals surface area contributed by atoms with Crippen molar-refractivity contribution in [3.63, 3.8) is 0 Å². The van der Waals surface area contributed by atoms with Crippen molar-refractivity contribution in [3.8, 4) is 5.75 Å². The second-order valence-corrected chi connectivity index (χ2v) is 9.29. The fourth-order valence-electron chi connectivity index (χ4n) is 3.71. The van der Waals surface area contributed by atoms with Gasteiger partial charge in [0.15, 0.2) is 0 Å². The van der Waals surface area contributed by atoms with Crippen LogP contribution in [0.1, 0.15) is 35.8 Å². The number of anilines is 4. The fraction of sp³-hybridized carbons (Fsp3) is 0.333. The van der Waals surface area contributed by atoms with E-state index in [-0.39, 0.29) is 11.5 Å². The van der Waals surface area contributed by atoms with E-state index in [1.54, 1.807) is 19.1 Å². The summed E-state index contributed by atoms with van der Waals surface area (Å²) in [5.74, 6) is 1.46. The largest absolute Gasteiger partial charge is 0.492 e. The van der Waals surface area contributed by atoms with Crippen LogP contribution in [0.15, 0.2) is 60.8 Å². The van der Waals surface area contributed by atoms with Crippen LogP contribution in [0, 0.1) is 0 Å². The Morgan fingerprint density at radius 2 is 2.00 bits per heavy atom. The molecule has 0 saturated carbocycles. The Hall–Kier alpha value is -4.02. The summed E-state index contributed by atoms with van der Waals surface area (Å²) in [6.45, 7) is 3.47. The van der Waals surface area contributed by atoms with Gasteiger partial charge in [0.05, 0.1) is 5.69 Å². The number of aromatic nitrogens is 3. The number of nitrogens with one attached hydrogen (secondary N) is 3. The number of carbonyl (C=O) groups is 1. The number of benzene rings is 1. The Balaban J connectivity index is 1.61. The Kier molecular flexibility index (Phi) is 8.32. The summed E-state index contributed by atoms with van der Waals surface area (Å²) in [5.41, 5.74) is 0.452. The molecule has 1 aromatic carbocycles. The molecule has 1 atom stereocenters. The molecule has 37 heavy (non-hydrogen) atoms. The van der Waals surface area contributed by atoms with Crippen molar-refractivity contribution in [2.45, 2.75) is 25.4 Å². The maximum absolute atomic E-state index is 12.9. The minimum atomic E-state index is -1.10. The van der Waals surface area contributed by atoms with Gasteiger partial charge < -0.3 is 30.7 Å². The average molecular weight is 504 g/mol. The molecule has 1 unspecified atom stereocenters. The minimum Gasteiger partial charge on any atom is -0.492 e. The molecule has 4 rings (SSSR count). The second-order valence-electron chi connectivity index (χ2n) is 9.29. The summed E-state index contributed by atoms with van der Waals surface area (Å²) < 4.78 is 5.82. The highest BCUT2D eigenvalue weighted by molar-refractivity contribution is 5.99. The summed E-state index contributed by atoms with van der Waals surface area (Å²) in [4.78, 5) is 28.5. The van der Waals surface area contributed by atoms with Crippen LogP contribution in [-0.4, -0.2) is 64.7 Å². The zero-order chi connectivity index (χ0) is 26.3. The predicted octanol–water partition coefficient (Wildman–Crippen LogP) is 3.59. The molecular weight excluding hydrogens is 470 g/mol. The molecule has 10 heteroatoms. The molecule has 0 radical (unpaired) electrons. The molecule has 10 nitrogen and oxygen atoms in total. The third-order valence-corrected chi connectivity index (χ3v) is 5.82. The van der Waals surface area contributed by atoms with Gasteiger partial charge in [0, 0.05) is 31.0 Å². The number of rotatable bonds is 6. The zero-order valence-corrected chi connectivity index (χ0v) is 21.4. The van der Waals surface area contributed by atoms with Crippen molar-refractivity contribution >= 4 is 29.2 Å². The van der Waals surface area contributed by atoms with E-state index >= 15 is 0 Å². The van der Waals surface area contributed by atoms with Crippen LogP contribution in [0.25, 0.3) is 0 Å². The smallest absolute Gasteiger partial charge is 0.256 e. The lowest BCUT2D eigenvalue weighted by atomic mass is 9.95. The van der Waals surface area contributed by atoms with Crippen LogP contribution in [0.3, 0.4) is 0 Å². The van der Waals surface area contributed by atoms with Crippen molar-refractivity contribution < 1.29 is 14.6 Å². The van der Waals surface area contributed by atoms with Crippen LogP contribution < -0.4 is 20.7 Å². The number of nitrogens with zero attached hydrogens (tertiary/aromatic N) is 4. The Bertz CT molecular complexity index is 1260. The number of hydrogen-bond acceptors (Lipinski definition) is 9. The molecule has 1 amide bonds. The monoisotopic (exact) mass is 503 g/mol. The normalized spacial score (nSPS) is 18.7. The van der Waals surface area contributed by atoms with Gasteiger partial charge in [0.25, 0.3) is 5.91 Å². The molecule has 0 aliphatic carbocycles. The van der Waals surface area contributed by atoms with Crippen LogP contribution in [0.4, 0.5) is 23.3 Å². The topological polar surface area (TPSA) is 125 Å². The van der Waals surface area contributed by atoms with E-state index in [0.29, 0.717) is 49.3 Å². The van der Waals surface area contributed by atoms with Crippen molar-refractivity contribution in [3.05, 3.63) is 72.1 Å². The van der Waals surface area contributed by atoms with Gasteiger partial charge in [0.2, 0.25) is 5.95 Å². The maximum Gasteiger partial charge on any atom is 0.256 e. The first-order valence-electron chi connectivity index (χ1n) is 12.2. The number of amides is 1. The molecular formula is C27H33N7O3. The summed E-state index contributed by atoms with van der Waals surface area (Å²) >= 11 is 0. The van der Waals surface area contributed by atoms with Crippen LogP contribution >= 0.6 is 0 Å². The number of hydrogen-bond donors (Lipinski definition) is 4. The van der Waals surface area contributed by atoms with Gasteiger partial charge in [-0.15, -0.1) is 0 Å².